The number of carbonyl (C=O) groups is 1. The van der Waals surface area contributed by atoms with Crippen LogP contribution in [0.1, 0.15) is 44.3 Å². The number of imidazole rings is 1. The number of morpholine rings is 1. The number of aromatic nitrogens is 2. The lowest BCUT2D eigenvalue weighted by Crippen LogP contribution is -2.44. The Kier molecular flexibility index (Phi) is 6.26. The number of rotatable bonds is 6. The van der Waals surface area contributed by atoms with Gasteiger partial charge in [0.1, 0.15) is 5.82 Å². The first-order valence-electron chi connectivity index (χ1n) is 9.30. The Balaban J connectivity index is 1.37. The molecule has 1 aromatic heterocycles. The lowest BCUT2D eigenvalue weighted by molar-refractivity contribution is -0.126. The highest BCUT2D eigenvalue weighted by Crippen LogP contribution is 2.23. The van der Waals surface area contributed by atoms with Crippen LogP contribution in [0, 0.1) is 5.92 Å². The van der Waals surface area contributed by atoms with Gasteiger partial charge in [-0.3, -0.25) is 9.69 Å². The van der Waals surface area contributed by atoms with Crippen molar-refractivity contribution in [3.8, 4) is 0 Å². The van der Waals surface area contributed by atoms with Crippen LogP contribution < -0.4 is 5.32 Å². The van der Waals surface area contributed by atoms with E-state index < -0.39 is 0 Å². The molecule has 0 unspecified atom stereocenters. The van der Waals surface area contributed by atoms with Crippen molar-refractivity contribution >= 4 is 5.91 Å². The van der Waals surface area contributed by atoms with Gasteiger partial charge in [0.05, 0.1) is 19.3 Å². The van der Waals surface area contributed by atoms with Crippen LogP contribution in [-0.2, 0) is 23.1 Å². The summed E-state index contributed by atoms with van der Waals surface area (Å²) >= 11 is 0. The molecule has 1 aliphatic carbocycles. The monoisotopic (exact) mass is 334 g/mol. The summed E-state index contributed by atoms with van der Waals surface area (Å²) in [5.41, 5.74) is 0. The fourth-order valence-corrected chi connectivity index (χ4v) is 3.71. The van der Waals surface area contributed by atoms with E-state index >= 15 is 0 Å². The third-order valence-electron chi connectivity index (χ3n) is 5.25. The fraction of sp³-hybridized carbons (Fsp3) is 0.778. The summed E-state index contributed by atoms with van der Waals surface area (Å²) < 4.78 is 7.93. The van der Waals surface area contributed by atoms with Crippen molar-refractivity contribution < 1.29 is 9.53 Å². The normalized spacial score (nSPS) is 23.3. The first-order chi connectivity index (χ1) is 11.7. The van der Waals surface area contributed by atoms with Crippen LogP contribution in [0.3, 0.4) is 0 Å². The molecule has 0 spiro atoms. The number of nitrogens with zero attached hydrogens (tertiary/aromatic N) is 3. The molecule has 2 aliphatic rings. The predicted octanol–water partition coefficient (Wildman–Crippen LogP) is 1.71. The van der Waals surface area contributed by atoms with Crippen molar-refractivity contribution in [2.75, 3.05) is 26.2 Å². The molecule has 0 radical (unpaired) electrons. The van der Waals surface area contributed by atoms with Crippen LogP contribution >= 0.6 is 0 Å². The van der Waals surface area contributed by atoms with Crippen molar-refractivity contribution in [3.05, 3.63) is 18.2 Å². The zero-order chi connectivity index (χ0) is 16.8. The average Bonchev–Trinajstić information content (AvgIpc) is 3.01. The molecule has 134 valence electrons. The number of hydrogen-bond donors (Lipinski definition) is 1. The SMILES string of the molecule is Cn1ccnc1CN1CCO[C@@H](CCNC(=O)C2CCCCC2)C1. The van der Waals surface area contributed by atoms with Crippen LogP contribution in [-0.4, -0.2) is 52.7 Å². The Morgan fingerprint density at radius 1 is 1.38 bits per heavy atom. The second-order valence-electron chi connectivity index (χ2n) is 7.10. The second-order valence-corrected chi connectivity index (χ2v) is 7.10. The molecular formula is C18H30N4O2. The van der Waals surface area contributed by atoms with Crippen LogP contribution in [0.5, 0.6) is 0 Å². The molecule has 1 amide bonds. The van der Waals surface area contributed by atoms with Crippen molar-refractivity contribution in [1.82, 2.24) is 19.8 Å². The summed E-state index contributed by atoms with van der Waals surface area (Å²) in [5, 5.41) is 3.12. The minimum Gasteiger partial charge on any atom is -0.375 e. The number of carbonyl (C=O) groups excluding carboxylic acids is 1. The molecule has 1 aliphatic heterocycles. The molecular weight excluding hydrogens is 304 g/mol. The third-order valence-corrected chi connectivity index (χ3v) is 5.25. The number of nitrogens with one attached hydrogen (secondary N) is 1. The largest absolute Gasteiger partial charge is 0.375 e. The number of ether oxygens (including phenoxy) is 1. The van der Waals surface area contributed by atoms with E-state index in [1.165, 1.54) is 19.3 Å². The topological polar surface area (TPSA) is 59.4 Å². The van der Waals surface area contributed by atoms with Crippen LogP contribution in [0.25, 0.3) is 0 Å². The Morgan fingerprint density at radius 2 is 2.21 bits per heavy atom. The van der Waals surface area contributed by atoms with Gasteiger partial charge in [0.25, 0.3) is 0 Å². The minimum atomic E-state index is 0.200. The van der Waals surface area contributed by atoms with Crippen molar-refractivity contribution in [3.63, 3.8) is 0 Å². The van der Waals surface area contributed by atoms with Gasteiger partial charge in [-0.05, 0) is 19.3 Å². The number of aryl methyl sites for hydroxylation is 1. The smallest absolute Gasteiger partial charge is 0.223 e. The summed E-state index contributed by atoms with van der Waals surface area (Å²) in [5.74, 6) is 1.57. The molecule has 6 nitrogen and oxygen atoms in total. The van der Waals surface area contributed by atoms with Gasteiger partial charge in [-0.1, -0.05) is 19.3 Å². The summed E-state index contributed by atoms with van der Waals surface area (Å²) in [6, 6.07) is 0. The molecule has 3 rings (SSSR count). The lowest BCUT2D eigenvalue weighted by Gasteiger charge is -2.32. The number of amides is 1. The predicted molar refractivity (Wildman–Crippen MR) is 92.4 cm³/mol. The van der Waals surface area contributed by atoms with Crippen molar-refractivity contribution in [1.29, 1.82) is 0 Å². The van der Waals surface area contributed by atoms with Gasteiger partial charge in [-0.25, -0.2) is 4.98 Å². The molecule has 1 N–H and O–H groups in total. The van der Waals surface area contributed by atoms with Crippen molar-refractivity contribution in [2.45, 2.75) is 51.2 Å². The van der Waals surface area contributed by atoms with Crippen LogP contribution in [0.2, 0.25) is 0 Å². The summed E-state index contributed by atoms with van der Waals surface area (Å²) in [7, 11) is 2.03. The number of hydrogen-bond acceptors (Lipinski definition) is 4. The van der Waals surface area contributed by atoms with Gasteiger partial charge >= 0.3 is 0 Å². The van der Waals surface area contributed by atoms with E-state index in [4.69, 9.17) is 4.74 Å². The van der Waals surface area contributed by atoms with Gasteiger partial charge in [0.2, 0.25) is 5.91 Å². The van der Waals surface area contributed by atoms with E-state index in [1.54, 1.807) is 0 Å². The molecule has 0 aromatic carbocycles. The Bertz CT molecular complexity index is 525. The van der Waals surface area contributed by atoms with E-state index in [-0.39, 0.29) is 17.9 Å². The van der Waals surface area contributed by atoms with E-state index in [2.05, 4.69) is 19.8 Å². The maximum Gasteiger partial charge on any atom is 0.223 e. The average molecular weight is 334 g/mol. The summed E-state index contributed by atoms with van der Waals surface area (Å²) in [6.07, 6.45) is 10.7. The van der Waals surface area contributed by atoms with Crippen molar-refractivity contribution in [2.24, 2.45) is 13.0 Å². The Hall–Kier alpha value is -1.40. The van der Waals surface area contributed by atoms with Crippen LogP contribution in [0.4, 0.5) is 0 Å². The highest BCUT2D eigenvalue weighted by molar-refractivity contribution is 5.78. The zero-order valence-corrected chi connectivity index (χ0v) is 14.7. The molecule has 2 fully saturated rings. The second kappa shape index (κ2) is 8.62. The van der Waals surface area contributed by atoms with E-state index in [0.29, 0.717) is 0 Å². The fourth-order valence-electron chi connectivity index (χ4n) is 3.71. The highest BCUT2D eigenvalue weighted by Gasteiger charge is 2.23. The van der Waals surface area contributed by atoms with E-state index in [9.17, 15) is 4.79 Å². The van der Waals surface area contributed by atoms with Gasteiger partial charge in [0.15, 0.2) is 0 Å². The summed E-state index contributed by atoms with van der Waals surface area (Å²) in [4.78, 5) is 19.0. The highest BCUT2D eigenvalue weighted by atomic mass is 16.5. The van der Waals surface area contributed by atoms with E-state index in [1.807, 2.05) is 19.4 Å². The van der Waals surface area contributed by atoms with Gasteiger partial charge in [-0.2, -0.15) is 0 Å². The zero-order valence-electron chi connectivity index (χ0n) is 14.7. The van der Waals surface area contributed by atoms with Gasteiger partial charge in [0, 0.05) is 45.0 Å². The molecule has 2 heterocycles. The van der Waals surface area contributed by atoms with Gasteiger partial charge < -0.3 is 14.6 Å². The van der Waals surface area contributed by atoms with E-state index in [0.717, 1.165) is 57.9 Å². The van der Waals surface area contributed by atoms with Gasteiger partial charge in [-0.15, -0.1) is 0 Å². The maximum absolute atomic E-state index is 12.2. The minimum absolute atomic E-state index is 0.200. The Labute approximate surface area is 144 Å². The molecule has 6 heteroatoms. The third kappa shape index (κ3) is 4.80. The Morgan fingerprint density at radius 3 is 2.96 bits per heavy atom. The molecule has 1 saturated carbocycles. The molecule has 0 bridgehead atoms. The molecule has 24 heavy (non-hydrogen) atoms. The quantitative estimate of drug-likeness (QED) is 0.860. The summed E-state index contributed by atoms with van der Waals surface area (Å²) in [6.45, 7) is 4.18. The molecule has 1 saturated heterocycles. The lowest BCUT2D eigenvalue weighted by atomic mass is 9.88. The first kappa shape index (κ1) is 17.4. The first-order valence-corrected chi connectivity index (χ1v) is 9.30. The molecule has 1 aromatic rings. The standard InChI is InChI=1S/C18H30N4O2/c1-21-10-9-19-17(21)14-22-11-12-24-16(13-22)7-8-20-18(23)15-5-3-2-4-6-15/h9-10,15-16H,2-8,11-14H2,1H3,(H,20,23)/t16-/m0/s1. The molecule has 1 atom stereocenters. The maximum atomic E-state index is 12.2. The van der Waals surface area contributed by atoms with Crippen LogP contribution in [0.15, 0.2) is 12.4 Å².